The zero-order valence-electron chi connectivity index (χ0n) is 19.0. The van der Waals surface area contributed by atoms with Crippen LogP contribution in [0.4, 0.5) is 22.2 Å². The Balaban J connectivity index is 1.38. The summed E-state index contributed by atoms with van der Waals surface area (Å²) >= 11 is 0. The van der Waals surface area contributed by atoms with E-state index in [4.69, 9.17) is 15.5 Å². The van der Waals surface area contributed by atoms with Crippen LogP contribution < -0.4 is 20.7 Å². The molecule has 1 fully saturated rings. The van der Waals surface area contributed by atoms with Crippen molar-refractivity contribution in [1.29, 1.82) is 0 Å². The van der Waals surface area contributed by atoms with Gasteiger partial charge in [-0.3, -0.25) is 0 Å². The Morgan fingerprint density at radius 3 is 2.70 bits per heavy atom. The molecule has 0 aliphatic carbocycles. The second-order valence-electron chi connectivity index (χ2n) is 7.93. The van der Waals surface area contributed by atoms with Crippen LogP contribution in [-0.2, 0) is 13.0 Å². The van der Waals surface area contributed by atoms with Gasteiger partial charge >= 0.3 is 6.03 Å². The van der Waals surface area contributed by atoms with E-state index >= 15 is 0 Å². The minimum Gasteiger partial charge on any atom is -0.483 e. The molecule has 1 saturated heterocycles. The second kappa shape index (κ2) is 10.2. The quantitative estimate of drug-likeness (QED) is 0.597. The van der Waals surface area contributed by atoms with Gasteiger partial charge in [-0.15, -0.1) is 0 Å². The average Bonchev–Trinajstić information content (AvgIpc) is 2.83. The summed E-state index contributed by atoms with van der Waals surface area (Å²) in [6.07, 6.45) is 2.54. The van der Waals surface area contributed by atoms with Crippen molar-refractivity contribution in [3.8, 4) is 5.75 Å². The summed E-state index contributed by atoms with van der Waals surface area (Å²) in [4.78, 5) is 29.5. The summed E-state index contributed by atoms with van der Waals surface area (Å²) in [7, 11) is 0. The van der Waals surface area contributed by atoms with Crippen LogP contribution in [0.5, 0.6) is 5.75 Å². The number of piperazine rings is 1. The number of pyridine rings is 1. The first-order chi connectivity index (χ1) is 16.0. The van der Waals surface area contributed by atoms with E-state index in [1.54, 1.807) is 12.3 Å². The number of ether oxygens (including phenoxy) is 1. The molecular weight excluding hydrogens is 418 g/mol. The number of urea groups is 1. The smallest absolute Gasteiger partial charge is 0.321 e. The Hall–Kier alpha value is -3.88. The Bertz CT molecular complexity index is 1110. The first kappa shape index (κ1) is 22.3. The summed E-state index contributed by atoms with van der Waals surface area (Å²) in [6, 6.07) is 13.5. The lowest BCUT2D eigenvalue weighted by Gasteiger charge is -2.36. The first-order valence-corrected chi connectivity index (χ1v) is 11.1. The molecule has 2 aromatic heterocycles. The maximum absolute atomic E-state index is 12.8. The van der Waals surface area contributed by atoms with Crippen LogP contribution in [0.3, 0.4) is 0 Å². The van der Waals surface area contributed by atoms with E-state index in [0.29, 0.717) is 37.6 Å². The van der Waals surface area contributed by atoms with Gasteiger partial charge in [0.2, 0.25) is 5.95 Å². The van der Waals surface area contributed by atoms with Crippen LogP contribution in [-0.4, -0.2) is 52.1 Å². The molecule has 3 aromatic rings. The van der Waals surface area contributed by atoms with E-state index in [2.05, 4.69) is 33.2 Å². The van der Waals surface area contributed by atoms with Gasteiger partial charge in [-0.05, 0) is 49.2 Å². The molecule has 33 heavy (non-hydrogen) atoms. The standard InChI is InChI=1S/C24H29N7O2/c1-3-18-5-4-6-19(15-18)29-24(32)31-13-11-30(12-14-31)22-21(8-7-17(2)27-22)33-16-20-9-10-26-23(25)28-20/h4-10,15H,3,11-14,16H2,1-2H3,(H,29,32)(H2,25,26,28). The number of rotatable bonds is 6. The Morgan fingerprint density at radius 2 is 1.94 bits per heavy atom. The molecule has 2 amide bonds. The molecule has 0 unspecified atom stereocenters. The van der Waals surface area contributed by atoms with E-state index in [-0.39, 0.29) is 18.6 Å². The SMILES string of the molecule is CCc1cccc(NC(=O)N2CCN(c3nc(C)ccc3OCc3ccnc(N)n3)CC2)c1. The van der Waals surface area contributed by atoms with Gasteiger partial charge in [0.25, 0.3) is 0 Å². The Morgan fingerprint density at radius 1 is 1.12 bits per heavy atom. The van der Waals surface area contributed by atoms with Gasteiger partial charge in [-0.1, -0.05) is 19.1 Å². The molecular formula is C24H29N7O2. The van der Waals surface area contributed by atoms with E-state index in [9.17, 15) is 4.79 Å². The Kier molecular flexibility index (Phi) is 6.87. The van der Waals surface area contributed by atoms with E-state index in [1.807, 2.05) is 42.2 Å². The molecule has 9 nitrogen and oxygen atoms in total. The fourth-order valence-electron chi connectivity index (χ4n) is 3.71. The number of hydrogen-bond acceptors (Lipinski definition) is 7. The van der Waals surface area contributed by atoms with Crippen molar-refractivity contribution in [2.24, 2.45) is 0 Å². The number of aromatic nitrogens is 3. The number of hydrogen-bond donors (Lipinski definition) is 2. The third-order valence-electron chi connectivity index (χ3n) is 5.54. The van der Waals surface area contributed by atoms with E-state index < -0.39 is 0 Å². The average molecular weight is 448 g/mol. The number of carbonyl (C=O) groups is 1. The number of anilines is 3. The molecule has 172 valence electrons. The van der Waals surface area contributed by atoms with Gasteiger partial charge in [0.1, 0.15) is 6.61 Å². The number of benzene rings is 1. The van der Waals surface area contributed by atoms with Crippen LogP contribution >= 0.6 is 0 Å². The van der Waals surface area contributed by atoms with Gasteiger partial charge in [-0.25, -0.2) is 19.7 Å². The van der Waals surface area contributed by atoms with Crippen LogP contribution in [0, 0.1) is 6.92 Å². The zero-order valence-corrected chi connectivity index (χ0v) is 19.0. The number of nitrogens with one attached hydrogen (secondary N) is 1. The van der Waals surface area contributed by atoms with Crippen molar-refractivity contribution < 1.29 is 9.53 Å². The maximum atomic E-state index is 12.8. The summed E-state index contributed by atoms with van der Waals surface area (Å²) in [6.45, 7) is 6.83. The highest BCUT2D eigenvalue weighted by atomic mass is 16.5. The fraction of sp³-hybridized carbons (Fsp3) is 0.333. The fourth-order valence-corrected chi connectivity index (χ4v) is 3.71. The molecule has 1 aliphatic heterocycles. The third-order valence-corrected chi connectivity index (χ3v) is 5.54. The summed E-state index contributed by atoms with van der Waals surface area (Å²) < 4.78 is 6.02. The van der Waals surface area contributed by atoms with Gasteiger partial charge in [0.05, 0.1) is 5.69 Å². The maximum Gasteiger partial charge on any atom is 0.321 e. The third kappa shape index (κ3) is 5.68. The van der Waals surface area contributed by atoms with Crippen LogP contribution in [0.2, 0.25) is 0 Å². The van der Waals surface area contributed by atoms with Crippen molar-refractivity contribution in [1.82, 2.24) is 19.9 Å². The molecule has 0 radical (unpaired) electrons. The molecule has 3 N–H and O–H groups in total. The number of carbonyl (C=O) groups excluding carboxylic acids is 1. The van der Waals surface area contributed by atoms with Crippen molar-refractivity contribution in [3.05, 3.63) is 65.6 Å². The number of amides is 2. The number of nitrogens with zero attached hydrogens (tertiary/aromatic N) is 5. The molecule has 0 atom stereocenters. The van der Waals surface area contributed by atoms with Crippen molar-refractivity contribution in [2.75, 3.05) is 42.1 Å². The molecule has 1 aromatic carbocycles. The topological polar surface area (TPSA) is 110 Å². The highest BCUT2D eigenvalue weighted by molar-refractivity contribution is 5.89. The molecule has 0 saturated carbocycles. The van der Waals surface area contributed by atoms with Gasteiger partial charge in [-0.2, -0.15) is 0 Å². The van der Waals surface area contributed by atoms with E-state index in [1.165, 1.54) is 5.56 Å². The summed E-state index contributed by atoms with van der Waals surface area (Å²) in [5, 5.41) is 3.01. The van der Waals surface area contributed by atoms with E-state index in [0.717, 1.165) is 23.6 Å². The predicted octanol–water partition coefficient (Wildman–Crippen LogP) is 3.26. The molecule has 9 heteroatoms. The minimum atomic E-state index is -0.0853. The second-order valence-corrected chi connectivity index (χ2v) is 7.93. The lowest BCUT2D eigenvalue weighted by Crippen LogP contribution is -2.50. The summed E-state index contributed by atoms with van der Waals surface area (Å²) in [5.41, 5.74) is 9.28. The minimum absolute atomic E-state index is 0.0853. The lowest BCUT2D eigenvalue weighted by atomic mass is 10.1. The first-order valence-electron chi connectivity index (χ1n) is 11.1. The molecule has 0 bridgehead atoms. The molecule has 4 rings (SSSR count). The van der Waals surface area contributed by atoms with Crippen molar-refractivity contribution >= 4 is 23.5 Å². The molecule has 1 aliphatic rings. The number of nitrogen functional groups attached to an aromatic ring is 1. The molecule has 3 heterocycles. The van der Waals surface area contributed by atoms with Crippen LogP contribution in [0.15, 0.2) is 48.7 Å². The Labute approximate surface area is 193 Å². The number of nitrogens with two attached hydrogens (primary N) is 1. The van der Waals surface area contributed by atoms with Crippen molar-refractivity contribution in [3.63, 3.8) is 0 Å². The monoisotopic (exact) mass is 447 g/mol. The number of aryl methyl sites for hydroxylation is 2. The normalized spacial score (nSPS) is 13.6. The van der Waals surface area contributed by atoms with Gasteiger partial charge < -0.3 is 25.6 Å². The van der Waals surface area contributed by atoms with Crippen LogP contribution in [0.25, 0.3) is 0 Å². The van der Waals surface area contributed by atoms with Crippen LogP contribution in [0.1, 0.15) is 23.9 Å². The predicted molar refractivity (Wildman–Crippen MR) is 128 cm³/mol. The highest BCUT2D eigenvalue weighted by Crippen LogP contribution is 2.28. The highest BCUT2D eigenvalue weighted by Gasteiger charge is 2.24. The lowest BCUT2D eigenvalue weighted by molar-refractivity contribution is 0.207. The largest absolute Gasteiger partial charge is 0.483 e. The van der Waals surface area contributed by atoms with Crippen molar-refractivity contribution in [2.45, 2.75) is 26.9 Å². The van der Waals surface area contributed by atoms with Gasteiger partial charge in [0, 0.05) is 43.8 Å². The van der Waals surface area contributed by atoms with Gasteiger partial charge in [0.15, 0.2) is 11.6 Å². The summed E-state index contributed by atoms with van der Waals surface area (Å²) in [5.74, 6) is 1.66. The molecule has 0 spiro atoms. The zero-order chi connectivity index (χ0) is 23.2.